The summed E-state index contributed by atoms with van der Waals surface area (Å²) in [4.78, 5) is 0. The Morgan fingerprint density at radius 2 is 1.28 bits per heavy atom. The molecule has 0 aromatic rings. The number of rotatable bonds is 8. The molecule has 18 heavy (non-hydrogen) atoms. The van der Waals surface area contributed by atoms with Crippen LogP contribution in [0, 0.1) is 0 Å². The maximum atomic E-state index is 6.32. The second-order valence-electron chi connectivity index (χ2n) is 7.01. The van der Waals surface area contributed by atoms with Crippen LogP contribution >= 0.6 is 0 Å². The van der Waals surface area contributed by atoms with Crippen LogP contribution in [0.25, 0.3) is 0 Å². The van der Waals surface area contributed by atoms with Crippen LogP contribution in [0.4, 0.5) is 0 Å². The minimum atomic E-state index is -2.23. The first-order valence-electron chi connectivity index (χ1n) is 6.45. The first-order valence-corrected chi connectivity index (χ1v) is 15.8. The van der Waals surface area contributed by atoms with Gasteiger partial charge in [-0.3, -0.25) is 0 Å². The van der Waals surface area contributed by atoms with Crippen LogP contribution < -0.4 is 0 Å². The molecule has 3 nitrogen and oxygen atoms in total. The number of hydrogen-bond donors (Lipinski definition) is 0. The fourth-order valence-corrected chi connectivity index (χ4v) is 13.6. The molecule has 0 saturated carbocycles. The summed E-state index contributed by atoms with van der Waals surface area (Å²) in [5.74, 6) is 0. The zero-order chi connectivity index (χ0) is 14.6. The Morgan fingerprint density at radius 1 is 0.889 bits per heavy atom. The van der Waals surface area contributed by atoms with Crippen molar-refractivity contribution in [1.29, 1.82) is 0 Å². The normalized spacial score (nSPS) is 13.8. The van der Waals surface area contributed by atoms with E-state index in [0.717, 1.165) is 5.57 Å². The van der Waals surface area contributed by atoms with Crippen molar-refractivity contribution in [1.82, 2.24) is 0 Å². The van der Waals surface area contributed by atoms with E-state index < -0.39 is 25.2 Å². The van der Waals surface area contributed by atoms with Crippen LogP contribution in [0.1, 0.15) is 6.92 Å². The van der Waals surface area contributed by atoms with Gasteiger partial charge >= 0.3 is 8.56 Å². The average Bonchev–Trinajstić information content (AvgIpc) is 1.93. The van der Waals surface area contributed by atoms with Crippen molar-refractivity contribution in [3.05, 3.63) is 12.2 Å². The Balaban J connectivity index is 4.64. The third kappa shape index (κ3) is 10.2. The van der Waals surface area contributed by atoms with E-state index in [0.29, 0.717) is 12.8 Å². The molecule has 0 fully saturated rings. The zero-order valence-corrected chi connectivity index (χ0v) is 16.3. The van der Waals surface area contributed by atoms with E-state index in [-0.39, 0.29) is 0 Å². The summed E-state index contributed by atoms with van der Waals surface area (Å²) in [7, 11) is -5.45. The average molecular weight is 307 g/mol. The molecule has 0 rings (SSSR count). The fraction of sp³-hybridized carbons (Fsp3) is 0.833. The summed E-state index contributed by atoms with van der Waals surface area (Å²) >= 11 is 0. The van der Waals surface area contributed by atoms with Gasteiger partial charge in [-0.25, -0.2) is 0 Å². The molecule has 0 N–H and O–H groups in total. The van der Waals surface area contributed by atoms with Crippen molar-refractivity contribution in [3.8, 4) is 0 Å². The molecule has 6 heteroatoms. The van der Waals surface area contributed by atoms with Crippen molar-refractivity contribution < 1.29 is 13.0 Å². The van der Waals surface area contributed by atoms with Gasteiger partial charge in [-0.15, -0.1) is 0 Å². The predicted molar refractivity (Wildman–Crippen MR) is 86.1 cm³/mol. The monoisotopic (exact) mass is 306 g/mol. The van der Waals surface area contributed by atoms with Gasteiger partial charge in [0.05, 0.1) is 12.8 Å². The van der Waals surface area contributed by atoms with Crippen LogP contribution in [0.2, 0.25) is 45.8 Å². The highest BCUT2D eigenvalue weighted by molar-refractivity contribution is 6.87. The van der Waals surface area contributed by atoms with Gasteiger partial charge < -0.3 is 13.0 Å². The van der Waals surface area contributed by atoms with Crippen molar-refractivity contribution >= 4 is 25.2 Å². The molecule has 108 valence electrons. The maximum absolute atomic E-state index is 6.32. The second kappa shape index (κ2) is 6.62. The lowest BCUT2D eigenvalue weighted by Crippen LogP contribution is -2.55. The molecule has 0 aliphatic carbocycles. The lowest BCUT2D eigenvalue weighted by Gasteiger charge is -2.38. The lowest BCUT2D eigenvalue weighted by atomic mass is 10.4. The topological polar surface area (TPSA) is 27.7 Å². The second-order valence-corrected chi connectivity index (χ2v) is 19.7. The van der Waals surface area contributed by atoms with Crippen molar-refractivity contribution in [2.24, 2.45) is 0 Å². The van der Waals surface area contributed by atoms with Gasteiger partial charge in [0.15, 0.2) is 16.6 Å². The van der Waals surface area contributed by atoms with Crippen LogP contribution in [0.5, 0.6) is 0 Å². The highest BCUT2D eigenvalue weighted by Gasteiger charge is 2.40. The molecule has 0 aliphatic heterocycles. The Hall–Kier alpha value is 0.271. The smallest absolute Gasteiger partial charge is 0.341 e. The maximum Gasteiger partial charge on any atom is 0.341 e. The highest BCUT2D eigenvalue weighted by atomic mass is 28.5. The van der Waals surface area contributed by atoms with Gasteiger partial charge in [0.1, 0.15) is 0 Å². The first kappa shape index (κ1) is 18.3. The zero-order valence-electron chi connectivity index (χ0n) is 13.3. The van der Waals surface area contributed by atoms with E-state index in [1.54, 1.807) is 0 Å². The Kier molecular flexibility index (Phi) is 6.72. The van der Waals surface area contributed by atoms with Gasteiger partial charge in [0.2, 0.25) is 0 Å². The van der Waals surface area contributed by atoms with Gasteiger partial charge in [-0.2, -0.15) is 0 Å². The summed E-state index contributed by atoms with van der Waals surface area (Å²) in [5.41, 5.74) is 1.03. The predicted octanol–water partition coefficient (Wildman–Crippen LogP) is 3.89. The molecule has 0 saturated heterocycles. The molecule has 0 unspecified atom stereocenters. The van der Waals surface area contributed by atoms with Crippen LogP contribution in [0.3, 0.4) is 0 Å². The molecule has 0 radical (unpaired) electrons. The summed E-state index contributed by atoms with van der Waals surface area (Å²) in [5, 5.41) is 0. The minimum absolute atomic E-state index is 0.590. The van der Waals surface area contributed by atoms with E-state index in [9.17, 15) is 0 Å². The van der Waals surface area contributed by atoms with E-state index in [1.165, 1.54) is 0 Å². The van der Waals surface area contributed by atoms with E-state index >= 15 is 0 Å². The molecule has 0 aliphatic rings. The summed E-state index contributed by atoms with van der Waals surface area (Å²) in [6.07, 6.45) is 0.592. The number of hydrogen-bond acceptors (Lipinski definition) is 3. The summed E-state index contributed by atoms with van der Waals surface area (Å²) in [6, 6.07) is 0. The van der Waals surface area contributed by atoms with Crippen LogP contribution in [-0.2, 0) is 13.0 Å². The summed E-state index contributed by atoms with van der Waals surface area (Å²) in [6.45, 7) is 21.7. The van der Waals surface area contributed by atoms with E-state index in [1.807, 2.05) is 6.92 Å². The Bertz CT molecular complexity index is 263. The first-order chi connectivity index (χ1) is 7.83. The van der Waals surface area contributed by atoms with E-state index in [4.69, 9.17) is 13.0 Å². The third-order valence-corrected chi connectivity index (χ3v) is 10.8. The molecule has 0 aromatic heterocycles. The van der Waals surface area contributed by atoms with Crippen molar-refractivity contribution in [2.45, 2.75) is 52.8 Å². The third-order valence-electron chi connectivity index (χ3n) is 1.76. The molecule has 0 amide bonds. The van der Waals surface area contributed by atoms with Gasteiger partial charge in [-0.1, -0.05) is 12.2 Å². The molecule has 0 atom stereocenters. The minimum Gasteiger partial charge on any atom is -0.435 e. The molecule has 0 bridgehead atoms. The lowest BCUT2D eigenvalue weighted by molar-refractivity contribution is 0.170. The SMILES string of the molecule is C=C(C)COC[Si](C)(O[Si](C)(C)C)O[Si](C)(C)C. The molecule has 0 heterocycles. The highest BCUT2D eigenvalue weighted by Crippen LogP contribution is 2.21. The Labute approximate surface area is 116 Å². The fourth-order valence-electron chi connectivity index (χ4n) is 1.79. The molecule has 0 aromatic carbocycles. The Morgan fingerprint density at radius 3 is 1.56 bits per heavy atom. The van der Waals surface area contributed by atoms with Crippen LogP contribution in [-0.4, -0.2) is 38.0 Å². The van der Waals surface area contributed by atoms with Crippen LogP contribution in [0.15, 0.2) is 12.2 Å². The van der Waals surface area contributed by atoms with Gasteiger partial charge in [0, 0.05) is 0 Å². The van der Waals surface area contributed by atoms with Crippen molar-refractivity contribution in [2.75, 3.05) is 12.8 Å². The number of ether oxygens (including phenoxy) is 1. The van der Waals surface area contributed by atoms with Crippen molar-refractivity contribution in [3.63, 3.8) is 0 Å². The quantitative estimate of drug-likeness (QED) is 0.503. The molecular formula is C12H30O3Si3. The van der Waals surface area contributed by atoms with E-state index in [2.05, 4.69) is 52.4 Å². The largest absolute Gasteiger partial charge is 0.435 e. The van der Waals surface area contributed by atoms with Gasteiger partial charge in [-0.05, 0) is 52.8 Å². The molecular weight excluding hydrogens is 276 g/mol. The molecule has 0 spiro atoms. The summed E-state index contributed by atoms with van der Waals surface area (Å²) < 4.78 is 18.3. The standard InChI is InChI=1S/C12H30O3Si3/c1-12(2)10-13-11-18(9,14-16(3,4)5)15-17(6,7)8/h1,10-11H2,2-9H3. The van der Waals surface area contributed by atoms with Gasteiger partial charge in [0.25, 0.3) is 0 Å².